The van der Waals surface area contributed by atoms with Crippen LogP contribution < -0.4 is 5.56 Å². The third-order valence-corrected chi connectivity index (χ3v) is 6.42. The van der Waals surface area contributed by atoms with E-state index in [0.29, 0.717) is 32.0 Å². The van der Waals surface area contributed by atoms with Crippen LogP contribution in [0.5, 0.6) is 0 Å². The van der Waals surface area contributed by atoms with E-state index in [9.17, 15) is 9.18 Å². The number of hydrogen-bond acceptors (Lipinski definition) is 7. The van der Waals surface area contributed by atoms with Crippen LogP contribution in [-0.2, 0) is 6.54 Å². The Hall–Kier alpha value is -3.04. The van der Waals surface area contributed by atoms with E-state index in [0.717, 1.165) is 10.5 Å². The highest BCUT2D eigenvalue weighted by atomic mass is 32.2. The van der Waals surface area contributed by atoms with Gasteiger partial charge in [0.2, 0.25) is 11.7 Å². The van der Waals surface area contributed by atoms with Gasteiger partial charge in [-0.3, -0.25) is 9.36 Å². The highest BCUT2D eigenvalue weighted by molar-refractivity contribution is 7.98. The van der Waals surface area contributed by atoms with Gasteiger partial charge in [-0.2, -0.15) is 4.98 Å². The molecule has 0 amide bonds. The first kappa shape index (κ1) is 18.0. The zero-order valence-electron chi connectivity index (χ0n) is 15.1. The Morgan fingerprint density at radius 2 is 2.03 bits per heavy atom. The lowest BCUT2D eigenvalue weighted by molar-refractivity contribution is 0.369. The molecular formula is C20H13FN4O2S2. The Morgan fingerprint density at radius 1 is 1.21 bits per heavy atom. The largest absolute Gasteiger partial charge is 0.337 e. The minimum atomic E-state index is -0.382. The van der Waals surface area contributed by atoms with Gasteiger partial charge in [-0.15, -0.1) is 23.1 Å². The van der Waals surface area contributed by atoms with Crippen LogP contribution in [0.4, 0.5) is 4.39 Å². The first-order valence-corrected chi connectivity index (χ1v) is 10.7. The number of nitrogens with zero attached hydrogens (tertiary/aromatic N) is 4. The van der Waals surface area contributed by atoms with Crippen molar-refractivity contribution in [2.75, 3.05) is 6.26 Å². The van der Waals surface area contributed by atoms with Crippen molar-refractivity contribution in [1.29, 1.82) is 0 Å². The molecule has 144 valence electrons. The predicted molar refractivity (Wildman–Crippen MR) is 112 cm³/mol. The molecule has 0 aliphatic carbocycles. The summed E-state index contributed by atoms with van der Waals surface area (Å²) < 4.78 is 22.0. The van der Waals surface area contributed by atoms with Gasteiger partial charge in [0.05, 0.1) is 17.2 Å². The Labute approximate surface area is 172 Å². The van der Waals surface area contributed by atoms with Crippen LogP contribution in [0.1, 0.15) is 5.89 Å². The summed E-state index contributed by atoms with van der Waals surface area (Å²) in [6.07, 6.45) is 3.40. The normalized spacial score (nSPS) is 11.5. The van der Waals surface area contributed by atoms with E-state index in [1.807, 2.05) is 30.5 Å². The summed E-state index contributed by atoms with van der Waals surface area (Å²) in [5.74, 6) is 0.371. The lowest BCUT2D eigenvalue weighted by atomic mass is 10.2. The van der Waals surface area contributed by atoms with Crippen LogP contribution in [0.25, 0.3) is 31.7 Å². The van der Waals surface area contributed by atoms with Gasteiger partial charge >= 0.3 is 0 Å². The minimum absolute atomic E-state index is 0.0917. The standard InChI is InChI=1S/C20H13FN4O2S2/c1-28-12-7-5-11(6-8-12)19-23-15(27-24-19)9-25-10-22-17-16-13(21)3-2-4-14(16)29-18(17)20(25)26/h2-8,10H,9H2,1H3. The average molecular weight is 424 g/mol. The van der Waals surface area contributed by atoms with Crippen molar-refractivity contribution in [1.82, 2.24) is 19.7 Å². The highest BCUT2D eigenvalue weighted by Gasteiger charge is 2.16. The predicted octanol–water partition coefficient (Wildman–Crippen LogP) is 4.57. The highest BCUT2D eigenvalue weighted by Crippen LogP contribution is 2.32. The summed E-state index contributed by atoms with van der Waals surface area (Å²) in [5, 5.41) is 4.38. The SMILES string of the molecule is CSc1ccc(-c2noc(Cn3cnc4c(sc5cccc(F)c54)c3=O)n2)cc1. The quantitative estimate of drug-likeness (QED) is 0.394. The number of aromatic nitrogens is 4. The van der Waals surface area contributed by atoms with Crippen molar-refractivity contribution < 1.29 is 8.91 Å². The number of thioether (sulfide) groups is 1. The maximum Gasteiger partial charge on any atom is 0.271 e. The molecule has 3 aromatic heterocycles. The fraction of sp³-hybridized carbons (Fsp3) is 0.100. The summed E-state index contributed by atoms with van der Waals surface area (Å²) >= 11 is 2.88. The molecule has 0 aliphatic rings. The second-order valence-corrected chi connectivity index (χ2v) is 8.24. The molecule has 0 aliphatic heterocycles. The molecular weight excluding hydrogens is 411 g/mol. The molecule has 0 spiro atoms. The van der Waals surface area contributed by atoms with E-state index >= 15 is 0 Å². The van der Waals surface area contributed by atoms with Gasteiger partial charge in [-0.05, 0) is 42.7 Å². The summed E-state index contributed by atoms with van der Waals surface area (Å²) in [7, 11) is 0. The number of hydrogen-bond donors (Lipinski definition) is 0. The summed E-state index contributed by atoms with van der Waals surface area (Å²) in [4.78, 5) is 22.7. The fourth-order valence-electron chi connectivity index (χ4n) is 3.10. The van der Waals surface area contributed by atoms with E-state index in [4.69, 9.17) is 4.52 Å². The van der Waals surface area contributed by atoms with Gasteiger partial charge in [-0.1, -0.05) is 11.2 Å². The third-order valence-electron chi connectivity index (χ3n) is 4.54. The van der Waals surface area contributed by atoms with Gasteiger partial charge < -0.3 is 4.52 Å². The molecule has 9 heteroatoms. The van der Waals surface area contributed by atoms with Crippen molar-refractivity contribution in [2.24, 2.45) is 0 Å². The zero-order chi connectivity index (χ0) is 20.0. The van der Waals surface area contributed by atoms with Gasteiger partial charge in [0, 0.05) is 15.2 Å². The van der Waals surface area contributed by atoms with Gasteiger partial charge in [0.1, 0.15) is 17.1 Å². The van der Waals surface area contributed by atoms with Gasteiger partial charge in [0.15, 0.2) is 0 Å². The van der Waals surface area contributed by atoms with Crippen molar-refractivity contribution >= 4 is 43.4 Å². The molecule has 0 saturated carbocycles. The molecule has 3 heterocycles. The lowest BCUT2D eigenvalue weighted by Crippen LogP contribution is -2.20. The van der Waals surface area contributed by atoms with Gasteiger partial charge in [0.25, 0.3) is 5.56 Å². The second kappa shape index (κ2) is 7.09. The van der Waals surface area contributed by atoms with Crippen LogP contribution in [0, 0.1) is 5.82 Å². The first-order chi connectivity index (χ1) is 14.1. The van der Waals surface area contributed by atoms with E-state index in [1.165, 1.54) is 28.3 Å². The number of thiophene rings is 1. The van der Waals surface area contributed by atoms with Crippen molar-refractivity contribution in [3.8, 4) is 11.4 Å². The monoisotopic (exact) mass is 424 g/mol. The Balaban J connectivity index is 1.50. The smallest absolute Gasteiger partial charge is 0.271 e. The van der Waals surface area contributed by atoms with Crippen molar-refractivity contribution in [3.63, 3.8) is 0 Å². The Morgan fingerprint density at radius 3 is 2.83 bits per heavy atom. The van der Waals surface area contributed by atoms with Crippen LogP contribution >= 0.6 is 23.1 Å². The summed E-state index contributed by atoms with van der Waals surface area (Å²) in [6.45, 7) is 0.0917. The second-order valence-electron chi connectivity index (χ2n) is 6.31. The van der Waals surface area contributed by atoms with E-state index < -0.39 is 0 Å². The fourth-order valence-corrected chi connectivity index (χ4v) is 4.63. The topological polar surface area (TPSA) is 73.8 Å². The molecule has 6 nitrogen and oxygen atoms in total. The maximum atomic E-state index is 14.2. The summed E-state index contributed by atoms with van der Waals surface area (Å²) in [5.41, 5.74) is 0.947. The number of rotatable bonds is 4. The maximum absolute atomic E-state index is 14.2. The third kappa shape index (κ3) is 3.12. The molecule has 0 saturated heterocycles. The van der Waals surface area contributed by atoms with E-state index in [2.05, 4.69) is 15.1 Å². The van der Waals surface area contributed by atoms with Crippen LogP contribution in [-0.4, -0.2) is 25.9 Å². The van der Waals surface area contributed by atoms with Crippen LogP contribution in [0.2, 0.25) is 0 Å². The summed E-state index contributed by atoms with van der Waals surface area (Å²) in [6, 6.07) is 12.6. The zero-order valence-corrected chi connectivity index (χ0v) is 16.8. The molecule has 2 aromatic carbocycles. The van der Waals surface area contributed by atoms with Crippen LogP contribution in [0.15, 0.2) is 63.0 Å². The first-order valence-electron chi connectivity index (χ1n) is 8.67. The number of fused-ring (bicyclic) bond motifs is 3. The minimum Gasteiger partial charge on any atom is -0.337 e. The lowest BCUT2D eigenvalue weighted by Gasteiger charge is -2.01. The molecule has 0 fully saturated rings. The van der Waals surface area contributed by atoms with Crippen molar-refractivity contribution in [2.45, 2.75) is 11.4 Å². The molecule has 29 heavy (non-hydrogen) atoms. The Bertz CT molecular complexity index is 1410. The number of halogens is 1. The molecule has 0 bridgehead atoms. The Kier molecular flexibility index (Phi) is 4.40. The van der Waals surface area contributed by atoms with Crippen LogP contribution in [0.3, 0.4) is 0 Å². The van der Waals surface area contributed by atoms with E-state index in [-0.39, 0.29) is 17.9 Å². The van der Waals surface area contributed by atoms with Crippen molar-refractivity contribution in [3.05, 3.63) is 70.9 Å². The average Bonchev–Trinajstić information content (AvgIpc) is 3.36. The number of benzene rings is 2. The molecule has 0 atom stereocenters. The molecule has 0 unspecified atom stereocenters. The molecule has 0 radical (unpaired) electrons. The van der Waals surface area contributed by atoms with E-state index in [1.54, 1.807) is 23.9 Å². The van der Waals surface area contributed by atoms with Gasteiger partial charge in [-0.25, -0.2) is 9.37 Å². The molecule has 0 N–H and O–H groups in total. The molecule has 5 rings (SSSR count). The molecule has 5 aromatic rings.